The van der Waals surface area contributed by atoms with Gasteiger partial charge >= 0.3 is 5.97 Å². The van der Waals surface area contributed by atoms with Gasteiger partial charge in [0, 0.05) is 31.3 Å². The Morgan fingerprint density at radius 1 is 1.28 bits per heavy atom. The van der Waals surface area contributed by atoms with Crippen molar-refractivity contribution in [1.82, 2.24) is 24.4 Å². The highest BCUT2D eigenvalue weighted by molar-refractivity contribution is 5.89. The van der Waals surface area contributed by atoms with E-state index in [0.29, 0.717) is 36.6 Å². The summed E-state index contributed by atoms with van der Waals surface area (Å²) in [6.45, 7) is 10.6. The summed E-state index contributed by atoms with van der Waals surface area (Å²) in [7, 11) is 0. The van der Waals surface area contributed by atoms with E-state index in [0.717, 1.165) is 54.7 Å². The van der Waals surface area contributed by atoms with Crippen molar-refractivity contribution >= 4 is 22.6 Å². The smallest absolute Gasteiger partial charge is 0.354 e. The minimum atomic E-state index is -1.08. The fraction of sp³-hybridized carbons (Fsp3) is 0.310. The molecule has 0 unspecified atom stereocenters. The molecule has 2 aliphatic heterocycles. The van der Waals surface area contributed by atoms with E-state index in [1.54, 1.807) is 12.3 Å². The molecule has 0 aliphatic carbocycles. The third-order valence-electron chi connectivity index (χ3n) is 6.93. The van der Waals surface area contributed by atoms with E-state index in [1.807, 2.05) is 12.1 Å². The molecular weight excluding hydrogens is 501 g/mol. The molecule has 0 aromatic carbocycles. The largest absolute Gasteiger partial charge is 0.477 e. The highest BCUT2D eigenvalue weighted by Crippen LogP contribution is 2.26. The van der Waals surface area contributed by atoms with Crippen LogP contribution in [0, 0.1) is 0 Å². The van der Waals surface area contributed by atoms with Gasteiger partial charge in [0.15, 0.2) is 0 Å². The topological polar surface area (TPSA) is 103 Å². The minimum Gasteiger partial charge on any atom is -0.477 e. The van der Waals surface area contributed by atoms with E-state index in [9.17, 15) is 14.3 Å². The standard InChI is InChI=1S/C29H30FN5O4/c1-3-19(22(30)4-2)18-39-28-7-5-6-23(33-28)20-8-11-34(12-9-20)17-27-32-24-14-25(29(36)37)31-15-26(24)35(27)16-21-10-13-38-21/h3-8,14-15,21H,1-2,9-13,16-18H2,(H,36,37)/b22-19-/t21-/m0/s1. The zero-order chi connectivity index (χ0) is 27.4. The molecule has 0 radical (unpaired) electrons. The van der Waals surface area contributed by atoms with Crippen LogP contribution in [0.5, 0.6) is 5.88 Å². The van der Waals surface area contributed by atoms with Crippen LogP contribution >= 0.6 is 0 Å². The molecule has 3 aromatic rings. The number of carboxylic acid groups (broad SMARTS) is 1. The molecule has 5 rings (SSSR count). The number of hydrogen-bond acceptors (Lipinski definition) is 7. The van der Waals surface area contributed by atoms with Crippen molar-refractivity contribution in [3.05, 3.63) is 90.5 Å². The number of carbonyl (C=O) groups is 1. The number of fused-ring (bicyclic) bond motifs is 1. The Kier molecular flexibility index (Phi) is 7.94. The Bertz CT molecular complexity index is 1470. The van der Waals surface area contributed by atoms with Gasteiger partial charge in [-0.05, 0) is 36.6 Å². The van der Waals surface area contributed by atoms with Gasteiger partial charge in [0.25, 0.3) is 0 Å². The predicted octanol–water partition coefficient (Wildman–Crippen LogP) is 4.58. The average molecular weight is 532 g/mol. The average Bonchev–Trinajstić information content (AvgIpc) is 3.27. The number of halogens is 1. The second-order valence-electron chi connectivity index (χ2n) is 9.43. The van der Waals surface area contributed by atoms with Crippen LogP contribution in [0.3, 0.4) is 0 Å². The number of aromatic carboxylic acids is 1. The molecule has 1 N–H and O–H groups in total. The van der Waals surface area contributed by atoms with Crippen LogP contribution in [0.25, 0.3) is 16.6 Å². The van der Waals surface area contributed by atoms with E-state index in [1.165, 1.54) is 12.1 Å². The molecule has 3 aromatic heterocycles. The zero-order valence-electron chi connectivity index (χ0n) is 21.6. The first-order chi connectivity index (χ1) is 18.9. The van der Waals surface area contributed by atoms with Crippen LogP contribution in [0.15, 0.2) is 73.2 Å². The summed E-state index contributed by atoms with van der Waals surface area (Å²) in [6, 6.07) is 7.07. The van der Waals surface area contributed by atoms with Gasteiger partial charge in [-0.1, -0.05) is 31.4 Å². The van der Waals surface area contributed by atoms with Crippen LogP contribution in [-0.2, 0) is 17.8 Å². The number of pyridine rings is 2. The molecule has 39 heavy (non-hydrogen) atoms. The normalized spacial score (nSPS) is 18.2. The Hall–Kier alpha value is -4.15. The molecule has 0 bridgehead atoms. The zero-order valence-corrected chi connectivity index (χ0v) is 21.6. The van der Waals surface area contributed by atoms with Crippen LogP contribution in [0.1, 0.15) is 34.8 Å². The molecule has 202 valence electrons. The first-order valence-corrected chi connectivity index (χ1v) is 12.8. The summed E-state index contributed by atoms with van der Waals surface area (Å²) in [5, 5.41) is 9.34. The van der Waals surface area contributed by atoms with Crippen LogP contribution < -0.4 is 4.74 Å². The molecule has 1 atom stereocenters. The van der Waals surface area contributed by atoms with Crippen LogP contribution in [-0.4, -0.2) is 67.9 Å². The lowest BCUT2D eigenvalue weighted by Crippen LogP contribution is -2.33. The predicted molar refractivity (Wildman–Crippen MR) is 145 cm³/mol. The molecule has 0 spiro atoms. The van der Waals surface area contributed by atoms with Gasteiger partial charge in [0.2, 0.25) is 5.88 Å². The molecule has 5 heterocycles. The number of ether oxygens (including phenoxy) is 2. The minimum absolute atomic E-state index is 0.0149. The van der Waals surface area contributed by atoms with Gasteiger partial charge in [0.1, 0.15) is 24.0 Å². The van der Waals surface area contributed by atoms with Crippen LogP contribution in [0.4, 0.5) is 4.39 Å². The van der Waals surface area contributed by atoms with Gasteiger partial charge in [-0.25, -0.2) is 24.1 Å². The third kappa shape index (κ3) is 5.97. The number of carboxylic acids is 1. The second kappa shape index (κ2) is 11.7. The Balaban J connectivity index is 1.29. The van der Waals surface area contributed by atoms with E-state index >= 15 is 0 Å². The van der Waals surface area contributed by atoms with Gasteiger partial charge in [0.05, 0.1) is 42.1 Å². The fourth-order valence-electron chi connectivity index (χ4n) is 4.62. The maximum atomic E-state index is 13.8. The van der Waals surface area contributed by atoms with E-state index in [4.69, 9.17) is 14.5 Å². The van der Waals surface area contributed by atoms with Gasteiger partial charge in [-0.15, -0.1) is 0 Å². The lowest BCUT2D eigenvalue weighted by molar-refractivity contribution is -0.0592. The first-order valence-electron chi connectivity index (χ1n) is 12.8. The maximum Gasteiger partial charge on any atom is 0.354 e. The number of allylic oxidation sites excluding steroid dienone is 2. The van der Waals surface area contributed by atoms with Crippen molar-refractivity contribution in [3.8, 4) is 5.88 Å². The van der Waals surface area contributed by atoms with E-state index < -0.39 is 11.8 Å². The molecule has 1 fully saturated rings. The second-order valence-corrected chi connectivity index (χ2v) is 9.43. The SMILES string of the molecule is C=C/C(F)=C(\C=C)COc1cccc(C2=CCN(Cc3nc4cc(C(=O)O)ncc4n3C[C@@H]3CCO3)CC2)n1. The molecule has 0 saturated carbocycles. The van der Waals surface area contributed by atoms with Crippen molar-refractivity contribution in [1.29, 1.82) is 0 Å². The first kappa shape index (κ1) is 26.5. The molecule has 2 aliphatic rings. The summed E-state index contributed by atoms with van der Waals surface area (Å²) in [6.07, 6.45) is 8.17. The molecule has 0 amide bonds. The van der Waals surface area contributed by atoms with Gasteiger partial charge in [-0.2, -0.15) is 0 Å². The van der Waals surface area contributed by atoms with Crippen LogP contribution in [0.2, 0.25) is 0 Å². The lowest BCUT2D eigenvalue weighted by Gasteiger charge is -2.29. The number of hydrogen-bond donors (Lipinski definition) is 1. The Labute approximate surface area is 225 Å². The summed E-state index contributed by atoms with van der Waals surface area (Å²) < 4.78 is 27.3. The molecule has 1 saturated heterocycles. The van der Waals surface area contributed by atoms with Gasteiger partial charge < -0.3 is 19.1 Å². The quantitative estimate of drug-likeness (QED) is 0.359. The fourth-order valence-corrected chi connectivity index (χ4v) is 4.62. The third-order valence-corrected chi connectivity index (χ3v) is 6.93. The van der Waals surface area contributed by atoms with Crippen molar-refractivity contribution in [2.75, 3.05) is 26.3 Å². The molecular formula is C29H30FN5O4. The van der Waals surface area contributed by atoms with Crippen molar-refractivity contribution in [3.63, 3.8) is 0 Å². The van der Waals surface area contributed by atoms with E-state index in [-0.39, 0.29) is 18.4 Å². The maximum absolute atomic E-state index is 13.8. The summed E-state index contributed by atoms with van der Waals surface area (Å²) in [5.41, 5.74) is 3.65. The number of imidazole rings is 1. The Morgan fingerprint density at radius 2 is 2.13 bits per heavy atom. The molecule has 9 nitrogen and oxygen atoms in total. The number of nitrogens with zero attached hydrogens (tertiary/aromatic N) is 5. The van der Waals surface area contributed by atoms with Gasteiger partial charge in [-0.3, -0.25) is 4.90 Å². The number of rotatable bonds is 11. The summed E-state index contributed by atoms with van der Waals surface area (Å²) in [4.78, 5) is 27.2. The highest BCUT2D eigenvalue weighted by atomic mass is 19.1. The highest BCUT2D eigenvalue weighted by Gasteiger charge is 2.24. The van der Waals surface area contributed by atoms with E-state index in [2.05, 4.69) is 38.7 Å². The summed E-state index contributed by atoms with van der Waals surface area (Å²) >= 11 is 0. The molecule has 10 heteroatoms. The number of aromatic nitrogens is 4. The van der Waals surface area contributed by atoms with Crippen molar-refractivity contribution in [2.45, 2.75) is 32.0 Å². The monoisotopic (exact) mass is 531 g/mol. The van der Waals surface area contributed by atoms with Crippen molar-refractivity contribution in [2.24, 2.45) is 0 Å². The lowest BCUT2D eigenvalue weighted by atomic mass is 10.0. The van der Waals surface area contributed by atoms with Crippen molar-refractivity contribution < 1.29 is 23.8 Å². The Morgan fingerprint density at radius 3 is 2.79 bits per heavy atom. The summed E-state index contributed by atoms with van der Waals surface area (Å²) in [5.74, 6) is -0.279.